The first-order chi connectivity index (χ1) is 15.0. The highest BCUT2D eigenvalue weighted by molar-refractivity contribution is 5.96. The number of nitrogens with two attached hydrogens (primary N) is 1. The first kappa shape index (κ1) is 22.4. The Bertz CT molecular complexity index is 934. The molecule has 2 amide bonds. The third-order valence-electron chi connectivity index (χ3n) is 5.35. The van der Waals surface area contributed by atoms with Gasteiger partial charge < -0.3 is 26.6 Å². The van der Waals surface area contributed by atoms with Crippen LogP contribution in [0.25, 0.3) is 0 Å². The van der Waals surface area contributed by atoms with Gasteiger partial charge in [0.05, 0.1) is 16.9 Å². The minimum absolute atomic E-state index is 0.0849. The summed E-state index contributed by atoms with van der Waals surface area (Å²) >= 11 is 0. The second kappa shape index (κ2) is 10.7. The smallest absolute Gasteiger partial charge is 0.254 e. The number of aryl methyl sites for hydroxylation is 1. The molecule has 2 aromatic carbocycles. The van der Waals surface area contributed by atoms with Crippen LogP contribution in [-0.2, 0) is 4.79 Å². The molecule has 0 bridgehead atoms. The molecule has 2 aromatic rings. The van der Waals surface area contributed by atoms with Gasteiger partial charge in [0.25, 0.3) is 5.91 Å². The topological polar surface area (TPSA) is 99.5 Å². The fourth-order valence-electron chi connectivity index (χ4n) is 3.59. The van der Waals surface area contributed by atoms with E-state index in [2.05, 4.69) is 16.0 Å². The molecule has 1 saturated heterocycles. The van der Waals surface area contributed by atoms with E-state index in [1.54, 1.807) is 4.90 Å². The second-order valence-corrected chi connectivity index (χ2v) is 7.68. The Morgan fingerprint density at radius 1 is 1.13 bits per heavy atom. The van der Waals surface area contributed by atoms with Crippen molar-refractivity contribution >= 4 is 28.9 Å². The second-order valence-electron chi connectivity index (χ2n) is 7.68. The van der Waals surface area contributed by atoms with E-state index in [4.69, 9.17) is 5.73 Å². The van der Waals surface area contributed by atoms with Crippen LogP contribution >= 0.6 is 0 Å². The zero-order chi connectivity index (χ0) is 22.2. The number of hydrogen-bond donors (Lipinski definition) is 4. The van der Waals surface area contributed by atoms with Gasteiger partial charge in [0.1, 0.15) is 5.82 Å². The summed E-state index contributed by atoms with van der Waals surface area (Å²) in [6.07, 6.45) is 2.11. The van der Waals surface area contributed by atoms with Crippen molar-refractivity contribution in [1.29, 1.82) is 0 Å². The van der Waals surface area contributed by atoms with Gasteiger partial charge in [-0.25, -0.2) is 4.39 Å². The minimum Gasteiger partial charge on any atom is -0.397 e. The van der Waals surface area contributed by atoms with Crippen molar-refractivity contribution in [2.45, 2.75) is 26.2 Å². The summed E-state index contributed by atoms with van der Waals surface area (Å²) < 4.78 is 14.5. The number of para-hydroxylation sites is 1. The molecule has 0 unspecified atom stereocenters. The van der Waals surface area contributed by atoms with Gasteiger partial charge in [-0.05, 0) is 43.5 Å². The number of hydrogen-bond acceptors (Lipinski definition) is 5. The summed E-state index contributed by atoms with van der Waals surface area (Å²) in [5, 5.41) is 9.11. The van der Waals surface area contributed by atoms with Crippen molar-refractivity contribution < 1.29 is 14.0 Å². The van der Waals surface area contributed by atoms with Crippen molar-refractivity contribution in [2.24, 2.45) is 0 Å². The molecule has 1 aliphatic rings. The lowest BCUT2D eigenvalue weighted by molar-refractivity contribution is -0.127. The largest absolute Gasteiger partial charge is 0.397 e. The third-order valence-corrected chi connectivity index (χ3v) is 5.35. The van der Waals surface area contributed by atoms with Crippen molar-refractivity contribution in [3.8, 4) is 0 Å². The molecule has 3 rings (SSSR count). The Morgan fingerprint density at radius 3 is 2.58 bits per heavy atom. The highest BCUT2D eigenvalue weighted by atomic mass is 19.1. The van der Waals surface area contributed by atoms with Crippen LogP contribution in [0.2, 0.25) is 0 Å². The zero-order valence-corrected chi connectivity index (χ0v) is 17.8. The molecule has 5 N–H and O–H groups in total. The highest BCUT2D eigenvalue weighted by Gasteiger charge is 2.19. The van der Waals surface area contributed by atoms with E-state index in [1.165, 1.54) is 12.1 Å². The lowest BCUT2D eigenvalue weighted by Gasteiger charge is -2.16. The maximum Gasteiger partial charge on any atom is 0.254 e. The van der Waals surface area contributed by atoms with E-state index in [0.717, 1.165) is 24.2 Å². The Kier molecular flexibility index (Phi) is 7.70. The van der Waals surface area contributed by atoms with Crippen molar-refractivity contribution in [1.82, 2.24) is 10.2 Å². The molecule has 0 spiro atoms. The number of rotatable bonds is 10. The SMILES string of the molecule is Cc1ccccc1NCCNc1cc(F)c(C(=O)NCCCN2CCCC2=O)cc1N. The van der Waals surface area contributed by atoms with Crippen LogP contribution in [0.3, 0.4) is 0 Å². The average molecular weight is 428 g/mol. The fraction of sp³-hybridized carbons (Fsp3) is 0.391. The number of benzene rings is 2. The van der Waals surface area contributed by atoms with Gasteiger partial charge in [-0.1, -0.05) is 18.2 Å². The van der Waals surface area contributed by atoms with Crippen LogP contribution in [0.15, 0.2) is 36.4 Å². The van der Waals surface area contributed by atoms with E-state index < -0.39 is 11.7 Å². The number of anilines is 3. The number of nitrogens with one attached hydrogen (secondary N) is 3. The van der Waals surface area contributed by atoms with Gasteiger partial charge in [0.2, 0.25) is 5.91 Å². The number of halogens is 1. The molecule has 31 heavy (non-hydrogen) atoms. The van der Waals surface area contributed by atoms with Crippen molar-refractivity contribution in [2.75, 3.05) is 49.1 Å². The Morgan fingerprint density at radius 2 is 1.87 bits per heavy atom. The zero-order valence-electron chi connectivity index (χ0n) is 17.8. The number of likely N-dealkylation sites (tertiary alicyclic amines) is 1. The third kappa shape index (κ3) is 6.10. The van der Waals surface area contributed by atoms with Gasteiger partial charge in [0.15, 0.2) is 0 Å². The van der Waals surface area contributed by atoms with Crippen LogP contribution in [0.1, 0.15) is 35.2 Å². The normalized spacial score (nSPS) is 13.4. The molecule has 0 atom stereocenters. The molecule has 166 valence electrons. The number of amides is 2. The van der Waals surface area contributed by atoms with E-state index >= 15 is 0 Å². The summed E-state index contributed by atoms with van der Waals surface area (Å²) in [6.45, 7) is 4.94. The van der Waals surface area contributed by atoms with Crippen LogP contribution in [-0.4, -0.2) is 49.4 Å². The maximum atomic E-state index is 14.5. The maximum absolute atomic E-state index is 14.5. The molecule has 1 fully saturated rings. The lowest BCUT2D eigenvalue weighted by atomic mass is 10.1. The van der Waals surface area contributed by atoms with Gasteiger partial charge in [-0.3, -0.25) is 9.59 Å². The van der Waals surface area contributed by atoms with Crippen LogP contribution in [0.4, 0.5) is 21.5 Å². The molecule has 7 nitrogen and oxygen atoms in total. The molecule has 0 aliphatic carbocycles. The summed E-state index contributed by atoms with van der Waals surface area (Å²) in [6, 6.07) is 10.6. The number of nitrogen functional groups attached to an aromatic ring is 1. The van der Waals surface area contributed by atoms with Crippen LogP contribution < -0.4 is 21.7 Å². The molecule has 1 aliphatic heterocycles. The molecule has 0 aromatic heterocycles. The van der Waals surface area contributed by atoms with Gasteiger partial charge in [-0.2, -0.15) is 0 Å². The predicted octanol–water partition coefficient (Wildman–Crippen LogP) is 2.98. The molecular formula is C23H30FN5O2. The number of nitrogens with zero attached hydrogens (tertiary/aromatic N) is 1. The number of carbonyl (C=O) groups is 2. The van der Waals surface area contributed by atoms with E-state index in [0.29, 0.717) is 50.4 Å². The van der Waals surface area contributed by atoms with Gasteiger partial charge in [-0.15, -0.1) is 0 Å². The van der Waals surface area contributed by atoms with Gasteiger partial charge in [0, 0.05) is 44.8 Å². The monoisotopic (exact) mass is 427 g/mol. The standard InChI is InChI=1S/C23H30FN5O2/c1-16-6-2-3-7-20(16)26-10-11-27-21-15-18(24)17(14-19(21)25)23(31)28-9-5-13-29-12-4-8-22(29)30/h2-3,6-7,14-15,26-27H,4-5,8-13,25H2,1H3,(H,28,31). The Labute approximate surface area is 182 Å². The summed E-state index contributed by atoms with van der Waals surface area (Å²) in [5.41, 5.74) is 8.90. The first-order valence-electron chi connectivity index (χ1n) is 10.6. The van der Waals surface area contributed by atoms with Crippen molar-refractivity contribution in [3.05, 3.63) is 53.3 Å². The predicted molar refractivity (Wildman–Crippen MR) is 122 cm³/mol. The minimum atomic E-state index is -0.629. The highest BCUT2D eigenvalue weighted by Crippen LogP contribution is 2.23. The molecule has 8 heteroatoms. The molecule has 1 heterocycles. The quantitative estimate of drug-likeness (QED) is 0.345. The van der Waals surface area contributed by atoms with Crippen LogP contribution in [0, 0.1) is 12.7 Å². The number of carbonyl (C=O) groups excluding carboxylic acids is 2. The van der Waals surface area contributed by atoms with Crippen LogP contribution in [0.5, 0.6) is 0 Å². The molecule has 0 radical (unpaired) electrons. The Hall–Kier alpha value is -3.29. The fourth-order valence-corrected chi connectivity index (χ4v) is 3.59. The van der Waals surface area contributed by atoms with Gasteiger partial charge >= 0.3 is 0 Å². The summed E-state index contributed by atoms with van der Waals surface area (Å²) in [5.74, 6) is -0.983. The molecule has 0 saturated carbocycles. The summed E-state index contributed by atoms with van der Waals surface area (Å²) in [7, 11) is 0. The van der Waals surface area contributed by atoms with Crippen molar-refractivity contribution in [3.63, 3.8) is 0 Å². The average Bonchev–Trinajstić information content (AvgIpc) is 3.16. The summed E-state index contributed by atoms with van der Waals surface area (Å²) in [4.78, 5) is 25.7. The van der Waals surface area contributed by atoms with E-state index in [9.17, 15) is 14.0 Å². The lowest BCUT2D eigenvalue weighted by Crippen LogP contribution is -2.31. The Balaban J connectivity index is 1.45. The molecular weight excluding hydrogens is 397 g/mol. The van der Waals surface area contributed by atoms with E-state index in [1.807, 2.05) is 31.2 Å². The van der Waals surface area contributed by atoms with E-state index in [-0.39, 0.29) is 11.5 Å². The first-order valence-corrected chi connectivity index (χ1v) is 10.6.